The fraction of sp³-hybridized carbons (Fsp3) is 0.400. The van der Waals surface area contributed by atoms with Gasteiger partial charge in [-0.25, -0.2) is 4.79 Å². The molecule has 0 aliphatic carbocycles. The van der Waals surface area contributed by atoms with E-state index in [0.29, 0.717) is 28.0 Å². The lowest BCUT2D eigenvalue weighted by Crippen LogP contribution is -2.49. The summed E-state index contributed by atoms with van der Waals surface area (Å²) < 4.78 is 11.3. The van der Waals surface area contributed by atoms with Gasteiger partial charge in [0.25, 0.3) is 23.6 Å². The molecule has 296 valence electrons. The molecule has 15 nitrogen and oxygen atoms in total. The Balaban J connectivity index is 1.13. The van der Waals surface area contributed by atoms with Crippen molar-refractivity contribution in [3.8, 4) is 0 Å². The van der Waals surface area contributed by atoms with Crippen molar-refractivity contribution in [3.05, 3.63) is 94.5 Å². The average Bonchev–Trinajstić information content (AvgIpc) is 3.87. The third-order valence-corrected chi connectivity index (χ3v) is 11.0. The highest BCUT2D eigenvalue weighted by atomic mass is 16.7. The number of likely N-dealkylation sites (tertiary alicyclic amines) is 1. The van der Waals surface area contributed by atoms with Gasteiger partial charge in [-0.3, -0.25) is 24.0 Å². The maximum atomic E-state index is 14.3. The van der Waals surface area contributed by atoms with E-state index in [1.54, 1.807) is 44.2 Å². The third kappa shape index (κ3) is 8.24. The van der Waals surface area contributed by atoms with Crippen molar-refractivity contribution in [1.82, 2.24) is 20.6 Å². The first-order chi connectivity index (χ1) is 27.0. The second-order valence-corrected chi connectivity index (χ2v) is 15.9. The monoisotopic (exact) mass is 778 g/mol. The highest BCUT2D eigenvalue weighted by molar-refractivity contribution is 6.62. The lowest BCUT2D eigenvalue weighted by molar-refractivity contribution is -0.197. The van der Waals surface area contributed by atoms with Crippen LogP contribution in [0.1, 0.15) is 97.2 Å². The summed E-state index contributed by atoms with van der Waals surface area (Å²) in [4.78, 5) is 86.1. The lowest BCUT2D eigenvalue weighted by Gasteiger charge is -2.27. The molecule has 7 rings (SSSR count). The van der Waals surface area contributed by atoms with E-state index >= 15 is 0 Å². The Bertz CT molecular complexity index is 2110. The molecule has 57 heavy (non-hydrogen) atoms. The first-order valence-electron chi connectivity index (χ1n) is 19.0. The summed E-state index contributed by atoms with van der Waals surface area (Å²) in [5, 5.41) is 27.5. The number of carbonyl (C=O) groups excluding carboxylic acids is 6. The minimum absolute atomic E-state index is 0.0172. The molecule has 0 spiro atoms. The molecule has 3 atom stereocenters. The van der Waals surface area contributed by atoms with E-state index < -0.39 is 79.1 Å². The molecular formula is C40H44B2N4O11. The first-order valence-corrected chi connectivity index (χ1v) is 19.0. The molecule has 2 saturated heterocycles. The van der Waals surface area contributed by atoms with Gasteiger partial charge >= 0.3 is 20.2 Å². The molecule has 3 aromatic rings. The van der Waals surface area contributed by atoms with Crippen molar-refractivity contribution in [1.29, 1.82) is 0 Å². The molecule has 4 heterocycles. The number of nitrogens with zero attached hydrogens (tertiary/aromatic N) is 2. The summed E-state index contributed by atoms with van der Waals surface area (Å²) >= 11 is 0. The zero-order chi connectivity index (χ0) is 40.8. The molecule has 0 radical (unpaired) electrons. The molecule has 5 amide bonds. The van der Waals surface area contributed by atoms with E-state index in [9.17, 15) is 38.8 Å². The number of rotatable bonds is 11. The number of fused-ring (bicyclic) bond motifs is 2. The number of carbonyl (C=O) groups is 6. The number of hydrogen-bond donors (Lipinski definition) is 4. The highest BCUT2D eigenvalue weighted by Crippen LogP contribution is 2.32. The zero-order valence-corrected chi connectivity index (χ0v) is 32.2. The number of hydrogen-bond acceptors (Lipinski definition) is 11. The van der Waals surface area contributed by atoms with Crippen LogP contribution in [0.3, 0.4) is 0 Å². The molecule has 4 aliphatic heterocycles. The summed E-state index contributed by atoms with van der Waals surface area (Å²) in [5.74, 6) is -3.76. The number of aryl methyl sites for hydroxylation is 1. The summed E-state index contributed by atoms with van der Waals surface area (Å²) in [6, 6.07) is 16.5. The maximum Gasteiger partial charge on any atom is 0.492 e. The van der Waals surface area contributed by atoms with Gasteiger partial charge in [-0.1, -0.05) is 42.5 Å². The predicted molar refractivity (Wildman–Crippen MR) is 206 cm³/mol. The van der Waals surface area contributed by atoms with Crippen LogP contribution in [0.5, 0.6) is 0 Å². The molecule has 4 N–H and O–H groups in total. The highest BCUT2D eigenvalue weighted by Gasteiger charge is 2.45. The molecule has 3 aromatic carbocycles. The molecule has 0 bridgehead atoms. The van der Waals surface area contributed by atoms with Crippen molar-refractivity contribution in [2.75, 3.05) is 6.54 Å². The van der Waals surface area contributed by atoms with Gasteiger partial charge in [0, 0.05) is 42.6 Å². The van der Waals surface area contributed by atoms with Crippen molar-refractivity contribution >= 4 is 60.7 Å². The zero-order valence-electron chi connectivity index (χ0n) is 32.2. The Kier molecular flexibility index (Phi) is 10.9. The molecule has 0 aromatic heterocycles. The normalized spacial score (nSPS) is 21.0. The van der Waals surface area contributed by atoms with E-state index in [1.165, 1.54) is 11.0 Å². The van der Waals surface area contributed by atoms with Crippen LogP contribution in [0.15, 0.2) is 66.7 Å². The number of benzene rings is 3. The van der Waals surface area contributed by atoms with E-state index in [1.807, 2.05) is 44.2 Å². The summed E-state index contributed by atoms with van der Waals surface area (Å²) in [6.07, 6.45) is 0.233. The van der Waals surface area contributed by atoms with Gasteiger partial charge in [-0.2, -0.15) is 0 Å². The standard InChI is InChI=1S/C40H44B2N4O11/c1-39(2)28-14-11-24(18-30(28)41(53)56-39)36(50)44-27-20-32(45(22-27)38(52)25-12-15-29-31(19-25)42(54)57-40(29,3)4)37(51)43-26(13-10-23-8-6-5-7-9-23)21-35(49)55-46-33(47)16-17-34(46)48/h5-9,11-12,14-15,18-19,26-27,32,53-54H,10,13,16-17,20-22H2,1-4H3,(H,43,51)(H,44,50)/t26-,27+,32-/m0/s1. The number of amides is 5. The Morgan fingerprint density at radius 2 is 1.44 bits per heavy atom. The summed E-state index contributed by atoms with van der Waals surface area (Å²) in [7, 11) is -2.47. The van der Waals surface area contributed by atoms with E-state index in [2.05, 4.69) is 10.6 Å². The fourth-order valence-electron chi connectivity index (χ4n) is 8.07. The minimum Gasteiger partial charge on any atom is -0.423 e. The Labute approximate surface area is 330 Å². The molecule has 17 heteroatoms. The minimum atomic E-state index is -1.26. The van der Waals surface area contributed by atoms with Gasteiger partial charge in [0.2, 0.25) is 5.91 Å². The van der Waals surface area contributed by atoms with Gasteiger partial charge in [0.15, 0.2) is 0 Å². The van der Waals surface area contributed by atoms with Crippen molar-refractivity contribution in [3.63, 3.8) is 0 Å². The summed E-state index contributed by atoms with van der Waals surface area (Å²) in [6.45, 7) is 7.19. The Morgan fingerprint density at radius 3 is 2.05 bits per heavy atom. The molecular weight excluding hydrogens is 734 g/mol. The molecule has 2 fully saturated rings. The maximum absolute atomic E-state index is 14.3. The van der Waals surface area contributed by atoms with Crippen LogP contribution < -0.4 is 21.6 Å². The largest absolute Gasteiger partial charge is 0.492 e. The first kappa shape index (κ1) is 39.9. The van der Waals surface area contributed by atoms with Gasteiger partial charge in [-0.15, -0.1) is 5.06 Å². The van der Waals surface area contributed by atoms with Crippen molar-refractivity contribution in [2.45, 2.75) is 95.5 Å². The van der Waals surface area contributed by atoms with Crippen molar-refractivity contribution < 1.29 is 53.0 Å². The van der Waals surface area contributed by atoms with Crippen molar-refractivity contribution in [2.24, 2.45) is 0 Å². The SMILES string of the molecule is CC1(C)OB(O)c2cc(C(=O)N[C@@H]3C[C@@H](C(=O)N[C@@H](CCc4ccccc4)CC(=O)ON4C(=O)CCC4=O)N(C(=O)c4ccc5c(c4)B(O)OC5(C)C)C3)ccc21. The van der Waals surface area contributed by atoms with Crippen LogP contribution in [0, 0.1) is 0 Å². The van der Waals surface area contributed by atoms with Crippen LogP contribution in [-0.2, 0) is 50.9 Å². The second kappa shape index (κ2) is 15.5. The topological polar surface area (TPSA) is 201 Å². The van der Waals surface area contributed by atoms with Gasteiger partial charge in [0.05, 0.1) is 17.6 Å². The second-order valence-electron chi connectivity index (χ2n) is 15.9. The van der Waals surface area contributed by atoms with Crippen LogP contribution in [0.4, 0.5) is 0 Å². The van der Waals surface area contributed by atoms with Gasteiger partial charge in [0.1, 0.15) is 6.04 Å². The smallest absolute Gasteiger partial charge is 0.423 e. The lowest BCUT2D eigenvalue weighted by atomic mass is 9.77. The Hall–Kier alpha value is -5.35. The van der Waals surface area contributed by atoms with Crippen LogP contribution in [0.2, 0.25) is 0 Å². The number of imide groups is 1. The van der Waals surface area contributed by atoms with Gasteiger partial charge in [-0.05, 0) is 98.8 Å². The Morgan fingerprint density at radius 1 is 0.860 bits per heavy atom. The number of hydroxylamine groups is 2. The fourth-order valence-corrected chi connectivity index (χ4v) is 8.07. The van der Waals surface area contributed by atoms with E-state index in [4.69, 9.17) is 14.1 Å². The average molecular weight is 778 g/mol. The molecule has 4 aliphatic rings. The van der Waals surface area contributed by atoms with E-state index in [0.717, 1.165) is 11.1 Å². The van der Waals surface area contributed by atoms with E-state index in [-0.39, 0.29) is 49.8 Å². The predicted octanol–water partition coefficient (Wildman–Crippen LogP) is 0.720. The third-order valence-electron chi connectivity index (χ3n) is 11.0. The summed E-state index contributed by atoms with van der Waals surface area (Å²) in [5.41, 5.74) is 2.21. The van der Waals surface area contributed by atoms with Crippen LogP contribution in [0.25, 0.3) is 0 Å². The van der Waals surface area contributed by atoms with Gasteiger partial charge < -0.3 is 39.7 Å². The quantitative estimate of drug-likeness (QED) is 0.158. The van der Waals surface area contributed by atoms with Crippen LogP contribution >= 0.6 is 0 Å². The molecule has 0 saturated carbocycles. The number of nitrogens with one attached hydrogen (secondary N) is 2. The molecule has 0 unspecified atom stereocenters. The van der Waals surface area contributed by atoms with Crippen LogP contribution in [-0.4, -0.2) is 94.4 Å².